The predicted molar refractivity (Wildman–Crippen MR) is 66.7 cm³/mol. The minimum Gasteiger partial charge on any atom is -0.464 e. The second-order valence-electron chi connectivity index (χ2n) is 4.37. The van der Waals surface area contributed by atoms with Crippen LogP contribution in [-0.4, -0.2) is 31.2 Å². The Hall–Kier alpha value is -1.36. The fourth-order valence-electron chi connectivity index (χ4n) is 1.96. The minimum absolute atomic E-state index is 0.0615. The molecule has 0 aliphatic heterocycles. The van der Waals surface area contributed by atoms with E-state index in [1.807, 2.05) is 4.90 Å². The number of hydrogen-bond acceptors (Lipinski definition) is 4. The molecule has 1 heterocycles. The molecule has 1 fully saturated rings. The van der Waals surface area contributed by atoms with Gasteiger partial charge in [-0.1, -0.05) is 11.6 Å². The number of nitrogens with zero attached hydrogens (tertiary/aromatic N) is 2. The number of ether oxygens (including phenoxy) is 1. The second-order valence-corrected chi connectivity index (χ2v) is 4.73. The minimum atomic E-state index is -0.611. The van der Waals surface area contributed by atoms with Crippen LogP contribution in [0.15, 0.2) is 0 Å². The van der Waals surface area contributed by atoms with Gasteiger partial charge in [-0.3, -0.25) is 0 Å². The number of pyridine rings is 1. The van der Waals surface area contributed by atoms with Crippen LogP contribution < -0.4 is 4.90 Å². The Balaban J connectivity index is 2.55. The SMILES string of the molecule is COC(=O)c1nc(Cl)c(F)c(N(C)C2CC2)c1C. The zero-order valence-electron chi connectivity index (χ0n) is 10.5. The molecule has 0 radical (unpaired) electrons. The van der Waals surface area contributed by atoms with Crippen molar-refractivity contribution in [3.8, 4) is 0 Å². The molecule has 0 spiro atoms. The van der Waals surface area contributed by atoms with E-state index in [9.17, 15) is 9.18 Å². The molecule has 0 atom stereocenters. The van der Waals surface area contributed by atoms with Gasteiger partial charge in [0.15, 0.2) is 16.7 Å². The van der Waals surface area contributed by atoms with E-state index >= 15 is 0 Å². The van der Waals surface area contributed by atoms with Crippen molar-refractivity contribution < 1.29 is 13.9 Å². The third kappa shape index (κ3) is 2.14. The van der Waals surface area contributed by atoms with Crippen molar-refractivity contribution >= 4 is 23.3 Å². The van der Waals surface area contributed by atoms with E-state index < -0.39 is 11.8 Å². The molecule has 0 unspecified atom stereocenters. The van der Waals surface area contributed by atoms with E-state index in [4.69, 9.17) is 11.6 Å². The van der Waals surface area contributed by atoms with E-state index in [0.29, 0.717) is 17.3 Å². The molecule has 1 aliphatic rings. The van der Waals surface area contributed by atoms with Crippen molar-refractivity contribution in [3.05, 3.63) is 22.2 Å². The molecule has 1 saturated carbocycles. The largest absolute Gasteiger partial charge is 0.464 e. The smallest absolute Gasteiger partial charge is 0.357 e. The first kappa shape index (κ1) is 13.1. The number of esters is 1. The lowest BCUT2D eigenvalue weighted by molar-refractivity contribution is 0.0593. The molecular formula is C12H14ClFN2O2. The topological polar surface area (TPSA) is 42.4 Å². The van der Waals surface area contributed by atoms with Crippen LogP contribution in [0.2, 0.25) is 5.15 Å². The van der Waals surface area contributed by atoms with Crippen LogP contribution in [-0.2, 0) is 4.74 Å². The highest BCUT2D eigenvalue weighted by Crippen LogP contribution is 2.36. The summed E-state index contributed by atoms with van der Waals surface area (Å²) in [4.78, 5) is 17.1. The van der Waals surface area contributed by atoms with Crippen molar-refractivity contribution in [2.45, 2.75) is 25.8 Å². The lowest BCUT2D eigenvalue weighted by Crippen LogP contribution is -2.24. The summed E-state index contributed by atoms with van der Waals surface area (Å²) in [5, 5.41) is -0.302. The highest BCUT2D eigenvalue weighted by molar-refractivity contribution is 6.30. The predicted octanol–water partition coefficient (Wildman–Crippen LogP) is 2.57. The first-order chi connectivity index (χ1) is 8.47. The Bertz CT molecular complexity index is 503. The van der Waals surface area contributed by atoms with Crippen molar-refractivity contribution in [1.29, 1.82) is 0 Å². The summed E-state index contributed by atoms with van der Waals surface area (Å²) in [6, 6.07) is 0.308. The van der Waals surface area contributed by atoms with Gasteiger partial charge in [0.2, 0.25) is 0 Å². The van der Waals surface area contributed by atoms with Gasteiger partial charge in [0, 0.05) is 18.7 Å². The Labute approximate surface area is 110 Å². The van der Waals surface area contributed by atoms with Gasteiger partial charge >= 0.3 is 5.97 Å². The third-order valence-electron chi connectivity index (χ3n) is 3.14. The van der Waals surface area contributed by atoms with Gasteiger partial charge in [-0.25, -0.2) is 14.2 Å². The van der Waals surface area contributed by atoms with Crippen LogP contribution in [0.3, 0.4) is 0 Å². The number of carbonyl (C=O) groups is 1. The second kappa shape index (κ2) is 4.72. The van der Waals surface area contributed by atoms with E-state index in [2.05, 4.69) is 9.72 Å². The van der Waals surface area contributed by atoms with Crippen molar-refractivity contribution in [1.82, 2.24) is 4.98 Å². The first-order valence-electron chi connectivity index (χ1n) is 5.64. The molecule has 0 amide bonds. The molecule has 2 rings (SSSR count). The van der Waals surface area contributed by atoms with Gasteiger partial charge in [-0.15, -0.1) is 0 Å². The molecule has 98 valence electrons. The van der Waals surface area contributed by atoms with Gasteiger partial charge in [-0.2, -0.15) is 0 Å². The number of aromatic nitrogens is 1. The quantitative estimate of drug-likeness (QED) is 0.626. The van der Waals surface area contributed by atoms with Crippen LogP contribution in [0.25, 0.3) is 0 Å². The lowest BCUT2D eigenvalue weighted by Gasteiger charge is -2.22. The monoisotopic (exact) mass is 272 g/mol. The Kier molecular flexibility index (Phi) is 3.43. The Morgan fingerprint density at radius 2 is 2.17 bits per heavy atom. The fourth-order valence-corrected chi connectivity index (χ4v) is 2.14. The summed E-state index contributed by atoms with van der Waals surface area (Å²) < 4.78 is 18.7. The maximum absolute atomic E-state index is 14.1. The lowest BCUT2D eigenvalue weighted by atomic mass is 10.1. The molecule has 18 heavy (non-hydrogen) atoms. The molecule has 1 aromatic heterocycles. The van der Waals surface area contributed by atoms with E-state index in [-0.39, 0.29) is 10.8 Å². The molecule has 1 aliphatic carbocycles. The summed E-state index contributed by atoms with van der Waals surface area (Å²) in [6.45, 7) is 1.65. The van der Waals surface area contributed by atoms with E-state index in [0.717, 1.165) is 12.8 Å². The zero-order chi connectivity index (χ0) is 13.4. The van der Waals surface area contributed by atoms with Crippen molar-refractivity contribution in [3.63, 3.8) is 0 Å². The summed E-state index contributed by atoms with van der Waals surface area (Å²) in [5.41, 5.74) is 0.849. The van der Waals surface area contributed by atoms with Crippen LogP contribution in [0, 0.1) is 12.7 Å². The van der Waals surface area contributed by atoms with Gasteiger partial charge < -0.3 is 9.64 Å². The maximum atomic E-state index is 14.1. The number of rotatable bonds is 3. The molecule has 4 nitrogen and oxygen atoms in total. The van der Waals surface area contributed by atoms with Gasteiger partial charge in [0.1, 0.15) is 0 Å². The summed E-state index contributed by atoms with van der Waals surface area (Å²) >= 11 is 5.74. The molecule has 0 bridgehead atoms. The highest BCUT2D eigenvalue weighted by Gasteiger charge is 2.31. The third-order valence-corrected chi connectivity index (χ3v) is 3.39. The molecule has 0 aromatic carbocycles. The van der Waals surface area contributed by atoms with Crippen molar-refractivity contribution in [2.75, 3.05) is 19.1 Å². The number of anilines is 1. The van der Waals surface area contributed by atoms with Gasteiger partial charge in [0.25, 0.3) is 0 Å². The van der Waals surface area contributed by atoms with Crippen LogP contribution >= 0.6 is 11.6 Å². The van der Waals surface area contributed by atoms with Gasteiger partial charge in [-0.05, 0) is 19.8 Å². The maximum Gasteiger partial charge on any atom is 0.357 e. The number of hydrogen-bond donors (Lipinski definition) is 0. The average Bonchev–Trinajstić information content (AvgIpc) is 3.17. The van der Waals surface area contributed by atoms with Gasteiger partial charge in [0.05, 0.1) is 12.8 Å². The normalized spacial score (nSPS) is 14.5. The highest BCUT2D eigenvalue weighted by atomic mass is 35.5. The average molecular weight is 273 g/mol. The standard InChI is InChI=1S/C12H14ClFN2O2/c1-6-9(12(17)18-3)15-11(13)8(14)10(6)16(2)7-4-5-7/h7H,4-5H2,1-3H3. The molecular weight excluding hydrogens is 259 g/mol. The summed E-state index contributed by atoms with van der Waals surface area (Å²) in [6.07, 6.45) is 2.03. The molecule has 1 aromatic rings. The fraction of sp³-hybridized carbons (Fsp3) is 0.500. The molecule has 0 N–H and O–H groups in total. The van der Waals surface area contributed by atoms with Crippen LogP contribution in [0.1, 0.15) is 28.9 Å². The molecule has 0 saturated heterocycles. The van der Waals surface area contributed by atoms with Crippen molar-refractivity contribution in [2.24, 2.45) is 0 Å². The molecule has 6 heteroatoms. The summed E-state index contributed by atoms with van der Waals surface area (Å²) in [7, 11) is 3.05. The number of methoxy groups -OCH3 is 1. The summed E-state index contributed by atoms with van der Waals surface area (Å²) in [5.74, 6) is -1.20. The zero-order valence-corrected chi connectivity index (χ0v) is 11.2. The Morgan fingerprint density at radius 3 is 2.67 bits per heavy atom. The Morgan fingerprint density at radius 1 is 1.56 bits per heavy atom. The number of carbonyl (C=O) groups excluding carboxylic acids is 1. The van der Waals surface area contributed by atoms with Crippen LogP contribution in [0.5, 0.6) is 0 Å². The number of halogens is 2. The van der Waals surface area contributed by atoms with E-state index in [1.54, 1.807) is 14.0 Å². The van der Waals surface area contributed by atoms with Crippen LogP contribution in [0.4, 0.5) is 10.1 Å². The van der Waals surface area contributed by atoms with E-state index in [1.165, 1.54) is 7.11 Å². The first-order valence-corrected chi connectivity index (χ1v) is 6.02.